The van der Waals surface area contributed by atoms with Crippen molar-refractivity contribution in [1.82, 2.24) is 5.32 Å². The van der Waals surface area contributed by atoms with E-state index in [2.05, 4.69) is 38.2 Å². The highest BCUT2D eigenvalue weighted by Crippen LogP contribution is 2.31. The largest absolute Gasteiger partial charge is 0.309 e. The fourth-order valence-corrected chi connectivity index (χ4v) is 3.50. The van der Waals surface area contributed by atoms with Gasteiger partial charge in [-0.05, 0) is 43.2 Å². The summed E-state index contributed by atoms with van der Waals surface area (Å²) in [5.41, 5.74) is 0. The zero-order valence-corrected chi connectivity index (χ0v) is 11.4. The van der Waals surface area contributed by atoms with Crippen molar-refractivity contribution in [2.45, 2.75) is 52.6 Å². The van der Waals surface area contributed by atoms with Crippen LogP contribution in [0.4, 0.5) is 0 Å². The van der Waals surface area contributed by atoms with Crippen LogP contribution in [0.3, 0.4) is 0 Å². The van der Waals surface area contributed by atoms with E-state index in [4.69, 9.17) is 0 Å². The first-order valence-corrected chi connectivity index (χ1v) is 7.33. The Kier molecular flexibility index (Phi) is 4.04. The van der Waals surface area contributed by atoms with Gasteiger partial charge in [0, 0.05) is 22.3 Å². The van der Waals surface area contributed by atoms with Gasteiger partial charge in [0.05, 0.1) is 0 Å². The Morgan fingerprint density at radius 2 is 2.00 bits per heavy atom. The fourth-order valence-electron chi connectivity index (χ4n) is 2.59. The smallest absolute Gasteiger partial charge is 0.0302 e. The van der Waals surface area contributed by atoms with E-state index in [0.717, 1.165) is 24.4 Å². The third-order valence-electron chi connectivity index (χ3n) is 4.07. The molecule has 2 heteroatoms. The Morgan fingerprint density at radius 3 is 2.56 bits per heavy atom. The summed E-state index contributed by atoms with van der Waals surface area (Å²) < 4.78 is 0. The van der Waals surface area contributed by atoms with Crippen molar-refractivity contribution in [3.8, 4) is 0 Å². The summed E-state index contributed by atoms with van der Waals surface area (Å²) in [6.07, 6.45) is 3.92. The van der Waals surface area contributed by atoms with E-state index in [1.807, 2.05) is 11.3 Å². The zero-order chi connectivity index (χ0) is 11.5. The molecule has 3 unspecified atom stereocenters. The van der Waals surface area contributed by atoms with Crippen LogP contribution in [0.15, 0.2) is 12.1 Å². The highest BCUT2D eigenvalue weighted by molar-refractivity contribution is 7.11. The molecule has 0 amide bonds. The van der Waals surface area contributed by atoms with Crippen molar-refractivity contribution in [2.75, 3.05) is 0 Å². The monoisotopic (exact) mass is 237 g/mol. The summed E-state index contributed by atoms with van der Waals surface area (Å²) in [4.78, 5) is 2.99. The molecule has 2 rings (SSSR count). The minimum absolute atomic E-state index is 0.738. The molecule has 0 spiro atoms. The molecule has 1 heterocycles. The van der Waals surface area contributed by atoms with Crippen LogP contribution in [0.25, 0.3) is 0 Å². The van der Waals surface area contributed by atoms with E-state index in [1.54, 1.807) is 0 Å². The number of hydrogen-bond acceptors (Lipinski definition) is 2. The van der Waals surface area contributed by atoms with E-state index >= 15 is 0 Å². The summed E-state index contributed by atoms with van der Waals surface area (Å²) in [6.45, 7) is 8.06. The molecule has 1 aliphatic rings. The number of aryl methyl sites for hydroxylation is 1. The average molecular weight is 237 g/mol. The lowest BCUT2D eigenvalue weighted by molar-refractivity contribution is 0.370. The van der Waals surface area contributed by atoms with Crippen molar-refractivity contribution < 1.29 is 0 Å². The number of hydrogen-bond donors (Lipinski definition) is 1. The Balaban J connectivity index is 1.83. The van der Waals surface area contributed by atoms with Crippen molar-refractivity contribution in [3.63, 3.8) is 0 Å². The quantitative estimate of drug-likeness (QED) is 0.839. The molecule has 1 nitrogen and oxygen atoms in total. The SMILES string of the molecule is CCc1ccc(CNC2CCC(C)C2C)s1. The summed E-state index contributed by atoms with van der Waals surface area (Å²) in [5.74, 6) is 1.73. The second-order valence-corrected chi connectivity index (χ2v) is 6.38. The lowest BCUT2D eigenvalue weighted by Gasteiger charge is -2.19. The lowest BCUT2D eigenvalue weighted by atomic mass is 9.98. The first-order valence-electron chi connectivity index (χ1n) is 6.51. The van der Waals surface area contributed by atoms with Crippen molar-refractivity contribution in [3.05, 3.63) is 21.9 Å². The molecule has 1 fully saturated rings. The van der Waals surface area contributed by atoms with Crippen LogP contribution >= 0.6 is 11.3 Å². The van der Waals surface area contributed by atoms with Gasteiger partial charge in [0.1, 0.15) is 0 Å². The van der Waals surface area contributed by atoms with Crippen LogP contribution in [0.5, 0.6) is 0 Å². The van der Waals surface area contributed by atoms with E-state index in [9.17, 15) is 0 Å². The van der Waals surface area contributed by atoms with Crippen LogP contribution in [-0.4, -0.2) is 6.04 Å². The first-order chi connectivity index (χ1) is 7.70. The minimum Gasteiger partial charge on any atom is -0.309 e. The number of thiophene rings is 1. The van der Waals surface area contributed by atoms with Gasteiger partial charge in [-0.25, -0.2) is 0 Å². The maximum atomic E-state index is 3.73. The van der Waals surface area contributed by atoms with E-state index < -0.39 is 0 Å². The molecule has 1 N–H and O–H groups in total. The molecule has 0 bridgehead atoms. The normalized spacial score (nSPS) is 29.8. The molecule has 3 atom stereocenters. The second kappa shape index (κ2) is 5.33. The molecule has 1 saturated carbocycles. The lowest BCUT2D eigenvalue weighted by Crippen LogP contribution is -2.31. The summed E-state index contributed by atoms with van der Waals surface area (Å²) in [7, 11) is 0. The summed E-state index contributed by atoms with van der Waals surface area (Å²) in [5, 5.41) is 3.73. The zero-order valence-electron chi connectivity index (χ0n) is 10.6. The predicted molar refractivity (Wildman–Crippen MR) is 71.9 cm³/mol. The van der Waals surface area contributed by atoms with Gasteiger partial charge in [0.15, 0.2) is 0 Å². The maximum absolute atomic E-state index is 3.73. The third-order valence-corrected chi connectivity index (χ3v) is 5.30. The van der Waals surface area contributed by atoms with Crippen LogP contribution in [-0.2, 0) is 13.0 Å². The topological polar surface area (TPSA) is 12.0 Å². The Morgan fingerprint density at radius 1 is 1.25 bits per heavy atom. The van der Waals surface area contributed by atoms with E-state index in [0.29, 0.717) is 0 Å². The van der Waals surface area contributed by atoms with Gasteiger partial charge in [-0.15, -0.1) is 11.3 Å². The molecule has 0 aromatic carbocycles. The molecule has 0 aliphatic heterocycles. The average Bonchev–Trinajstić information content (AvgIpc) is 2.86. The molecule has 16 heavy (non-hydrogen) atoms. The molecule has 0 radical (unpaired) electrons. The van der Waals surface area contributed by atoms with Crippen molar-refractivity contribution in [1.29, 1.82) is 0 Å². The van der Waals surface area contributed by atoms with Gasteiger partial charge in [-0.2, -0.15) is 0 Å². The molecule has 1 aromatic rings. The van der Waals surface area contributed by atoms with Gasteiger partial charge < -0.3 is 5.32 Å². The molecule has 90 valence electrons. The summed E-state index contributed by atoms with van der Waals surface area (Å²) in [6, 6.07) is 5.28. The van der Waals surface area contributed by atoms with Crippen LogP contribution < -0.4 is 5.32 Å². The molecule has 1 aliphatic carbocycles. The second-order valence-electron chi connectivity index (χ2n) is 5.12. The Labute approximate surface area is 103 Å². The molecule has 0 saturated heterocycles. The predicted octanol–water partition coefficient (Wildman–Crippen LogP) is 3.83. The van der Waals surface area contributed by atoms with E-state index in [-0.39, 0.29) is 0 Å². The molecular weight excluding hydrogens is 214 g/mol. The van der Waals surface area contributed by atoms with Gasteiger partial charge in [0.25, 0.3) is 0 Å². The highest BCUT2D eigenvalue weighted by Gasteiger charge is 2.28. The van der Waals surface area contributed by atoms with Gasteiger partial charge >= 0.3 is 0 Å². The minimum atomic E-state index is 0.738. The highest BCUT2D eigenvalue weighted by atomic mass is 32.1. The van der Waals surface area contributed by atoms with Crippen LogP contribution in [0.1, 0.15) is 43.4 Å². The standard InChI is InChI=1S/C14H23NS/c1-4-12-6-7-13(16-12)9-15-14-8-5-10(2)11(14)3/h6-7,10-11,14-15H,4-5,8-9H2,1-3H3. The maximum Gasteiger partial charge on any atom is 0.0302 e. The molecule has 1 aromatic heterocycles. The van der Waals surface area contributed by atoms with Crippen LogP contribution in [0.2, 0.25) is 0 Å². The van der Waals surface area contributed by atoms with Gasteiger partial charge in [0.2, 0.25) is 0 Å². The van der Waals surface area contributed by atoms with Crippen LogP contribution in [0, 0.1) is 11.8 Å². The van der Waals surface area contributed by atoms with E-state index in [1.165, 1.54) is 29.0 Å². The number of nitrogens with one attached hydrogen (secondary N) is 1. The van der Waals surface area contributed by atoms with Crippen molar-refractivity contribution >= 4 is 11.3 Å². The van der Waals surface area contributed by atoms with Gasteiger partial charge in [-0.1, -0.05) is 20.8 Å². The fraction of sp³-hybridized carbons (Fsp3) is 0.714. The molecular formula is C14H23NS. The summed E-state index contributed by atoms with van der Waals surface area (Å²) >= 11 is 1.96. The first kappa shape index (κ1) is 12.1. The Bertz CT molecular complexity index is 331. The Hall–Kier alpha value is -0.340. The number of rotatable bonds is 4. The van der Waals surface area contributed by atoms with Crippen molar-refractivity contribution in [2.24, 2.45) is 11.8 Å². The van der Waals surface area contributed by atoms with Gasteiger partial charge in [-0.3, -0.25) is 0 Å². The third kappa shape index (κ3) is 2.67.